The van der Waals surface area contributed by atoms with Gasteiger partial charge in [-0.15, -0.1) is 0 Å². The summed E-state index contributed by atoms with van der Waals surface area (Å²) >= 11 is 0. The highest BCUT2D eigenvalue weighted by Crippen LogP contribution is 2.17. The van der Waals surface area contributed by atoms with Gasteiger partial charge in [-0.3, -0.25) is 4.79 Å². The van der Waals surface area contributed by atoms with Crippen molar-refractivity contribution in [2.45, 2.75) is 39.5 Å². The summed E-state index contributed by atoms with van der Waals surface area (Å²) in [7, 11) is 0. The number of aliphatic carboxylic acids is 1. The third kappa shape index (κ3) is 5.64. The minimum Gasteiger partial charge on any atom is -0.481 e. The number of hydrogen-bond donors (Lipinski definition) is 2. The van der Waals surface area contributed by atoms with Crippen molar-refractivity contribution in [3.8, 4) is 0 Å². The minimum atomic E-state index is -0.758. The van der Waals surface area contributed by atoms with Crippen LogP contribution in [0.25, 0.3) is 0 Å². The molecule has 0 aromatic heterocycles. The Labute approximate surface area is 80.3 Å². The fourth-order valence-electron chi connectivity index (χ4n) is 1.45. The van der Waals surface area contributed by atoms with Crippen molar-refractivity contribution in [2.75, 3.05) is 6.54 Å². The first-order valence-corrected chi connectivity index (χ1v) is 5.04. The van der Waals surface area contributed by atoms with Gasteiger partial charge in [-0.1, -0.05) is 33.1 Å². The molecule has 3 N–H and O–H groups in total. The Kier molecular flexibility index (Phi) is 6.59. The van der Waals surface area contributed by atoms with Crippen molar-refractivity contribution in [1.82, 2.24) is 0 Å². The maximum atomic E-state index is 10.7. The van der Waals surface area contributed by atoms with Crippen molar-refractivity contribution < 1.29 is 9.90 Å². The summed E-state index contributed by atoms with van der Waals surface area (Å²) in [6.07, 6.45) is 4.18. The minimum absolute atomic E-state index is 0.256. The molecule has 0 aliphatic heterocycles. The lowest BCUT2D eigenvalue weighted by atomic mass is 9.92. The summed E-state index contributed by atoms with van der Waals surface area (Å²) < 4.78 is 0. The van der Waals surface area contributed by atoms with Gasteiger partial charge in [0.05, 0.1) is 5.92 Å². The maximum absolute atomic E-state index is 10.7. The van der Waals surface area contributed by atoms with Crippen LogP contribution in [-0.2, 0) is 4.79 Å². The molecule has 0 rings (SSSR count). The molecule has 0 aromatic rings. The van der Waals surface area contributed by atoms with Gasteiger partial charge in [0, 0.05) is 6.54 Å². The fourth-order valence-corrected chi connectivity index (χ4v) is 1.45. The summed E-state index contributed by atoms with van der Waals surface area (Å²) in [5.41, 5.74) is 5.37. The van der Waals surface area contributed by atoms with E-state index in [1.165, 1.54) is 12.8 Å². The van der Waals surface area contributed by atoms with Gasteiger partial charge in [0.1, 0.15) is 0 Å². The molecular weight excluding hydrogens is 166 g/mol. The normalized spacial score (nSPS) is 15.3. The smallest absolute Gasteiger partial charge is 0.307 e. The topological polar surface area (TPSA) is 63.3 Å². The van der Waals surface area contributed by atoms with E-state index in [2.05, 4.69) is 13.8 Å². The molecule has 2 atom stereocenters. The van der Waals surface area contributed by atoms with Gasteiger partial charge in [0.15, 0.2) is 0 Å². The summed E-state index contributed by atoms with van der Waals surface area (Å²) in [6, 6.07) is 0. The van der Waals surface area contributed by atoms with Crippen LogP contribution in [0.3, 0.4) is 0 Å². The molecule has 0 saturated carbocycles. The van der Waals surface area contributed by atoms with Crippen LogP contribution >= 0.6 is 0 Å². The first-order chi connectivity index (χ1) is 6.11. The monoisotopic (exact) mass is 187 g/mol. The lowest BCUT2D eigenvalue weighted by Crippen LogP contribution is -2.25. The van der Waals surface area contributed by atoms with Crippen molar-refractivity contribution in [2.24, 2.45) is 17.6 Å². The van der Waals surface area contributed by atoms with E-state index in [0.29, 0.717) is 12.3 Å². The van der Waals surface area contributed by atoms with Crippen molar-refractivity contribution in [3.05, 3.63) is 0 Å². The average Bonchev–Trinajstić information content (AvgIpc) is 2.10. The average molecular weight is 187 g/mol. The molecule has 78 valence electrons. The molecule has 0 spiro atoms. The molecular formula is C10H21NO2. The Hall–Kier alpha value is -0.570. The van der Waals surface area contributed by atoms with Gasteiger partial charge in [-0.25, -0.2) is 0 Å². The quantitative estimate of drug-likeness (QED) is 0.639. The summed E-state index contributed by atoms with van der Waals surface area (Å²) in [4.78, 5) is 10.7. The van der Waals surface area contributed by atoms with E-state index in [0.717, 1.165) is 6.42 Å². The molecule has 13 heavy (non-hydrogen) atoms. The number of unbranched alkanes of at least 4 members (excludes halogenated alkanes) is 1. The van der Waals surface area contributed by atoms with Crippen LogP contribution in [0.15, 0.2) is 0 Å². The van der Waals surface area contributed by atoms with E-state index in [1.807, 2.05) is 0 Å². The molecule has 0 amide bonds. The molecule has 0 saturated heterocycles. The maximum Gasteiger partial charge on any atom is 0.307 e. The van der Waals surface area contributed by atoms with Crippen molar-refractivity contribution in [3.63, 3.8) is 0 Å². The van der Waals surface area contributed by atoms with Crippen LogP contribution in [0, 0.1) is 11.8 Å². The van der Waals surface area contributed by atoms with E-state index < -0.39 is 5.97 Å². The van der Waals surface area contributed by atoms with E-state index in [-0.39, 0.29) is 12.5 Å². The Balaban J connectivity index is 3.73. The fraction of sp³-hybridized carbons (Fsp3) is 0.900. The van der Waals surface area contributed by atoms with E-state index in [1.54, 1.807) is 0 Å². The third-order valence-electron chi connectivity index (χ3n) is 2.37. The zero-order valence-corrected chi connectivity index (χ0v) is 8.62. The molecule has 0 bridgehead atoms. The summed E-state index contributed by atoms with van der Waals surface area (Å²) in [5.74, 6) is -0.637. The molecule has 0 fully saturated rings. The predicted octanol–water partition coefficient (Wildman–Crippen LogP) is 1.86. The Morgan fingerprint density at radius 2 is 2.15 bits per heavy atom. The standard InChI is InChI=1S/C10H21NO2/c1-3-4-5-8(2)6-9(7-11)10(12)13/h8-9H,3-7,11H2,1-2H3,(H,12,13). The van der Waals surface area contributed by atoms with Gasteiger partial charge in [0.2, 0.25) is 0 Å². The molecule has 0 aliphatic carbocycles. The Morgan fingerprint density at radius 1 is 1.54 bits per heavy atom. The number of hydrogen-bond acceptors (Lipinski definition) is 2. The number of rotatable bonds is 7. The first kappa shape index (κ1) is 12.4. The third-order valence-corrected chi connectivity index (χ3v) is 2.37. The second kappa shape index (κ2) is 6.89. The number of carbonyl (C=O) groups is 1. The van der Waals surface area contributed by atoms with Gasteiger partial charge in [-0.2, -0.15) is 0 Å². The first-order valence-electron chi connectivity index (χ1n) is 5.04. The second-order valence-electron chi connectivity index (χ2n) is 3.75. The molecule has 2 unspecified atom stereocenters. The number of nitrogens with two attached hydrogens (primary N) is 1. The van der Waals surface area contributed by atoms with Crippen LogP contribution in [0.2, 0.25) is 0 Å². The highest BCUT2D eigenvalue weighted by molar-refractivity contribution is 5.70. The zero-order valence-electron chi connectivity index (χ0n) is 8.62. The number of carboxylic acid groups (broad SMARTS) is 1. The van der Waals surface area contributed by atoms with Crippen molar-refractivity contribution >= 4 is 5.97 Å². The molecule has 0 heterocycles. The Bertz CT molecular complexity index is 148. The molecule has 3 nitrogen and oxygen atoms in total. The highest BCUT2D eigenvalue weighted by Gasteiger charge is 2.18. The lowest BCUT2D eigenvalue weighted by Gasteiger charge is -2.15. The van der Waals surface area contributed by atoms with Crippen LogP contribution in [0.4, 0.5) is 0 Å². The van der Waals surface area contributed by atoms with Gasteiger partial charge in [0.25, 0.3) is 0 Å². The summed E-state index contributed by atoms with van der Waals surface area (Å²) in [6.45, 7) is 4.50. The number of carboxylic acids is 1. The predicted molar refractivity (Wildman–Crippen MR) is 53.5 cm³/mol. The zero-order chi connectivity index (χ0) is 10.3. The van der Waals surface area contributed by atoms with Crippen molar-refractivity contribution in [1.29, 1.82) is 0 Å². The largest absolute Gasteiger partial charge is 0.481 e. The van der Waals surface area contributed by atoms with E-state index >= 15 is 0 Å². The lowest BCUT2D eigenvalue weighted by molar-refractivity contribution is -0.141. The van der Waals surface area contributed by atoms with Gasteiger partial charge in [-0.05, 0) is 12.3 Å². The van der Waals surface area contributed by atoms with Crippen LogP contribution in [-0.4, -0.2) is 17.6 Å². The van der Waals surface area contributed by atoms with Gasteiger partial charge < -0.3 is 10.8 Å². The molecule has 3 heteroatoms. The Morgan fingerprint density at radius 3 is 2.54 bits per heavy atom. The summed E-state index contributed by atoms with van der Waals surface area (Å²) in [5, 5.41) is 8.77. The molecule has 0 radical (unpaired) electrons. The van der Waals surface area contributed by atoms with Gasteiger partial charge >= 0.3 is 5.97 Å². The second-order valence-corrected chi connectivity index (χ2v) is 3.75. The van der Waals surface area contributed by atoms with Crippen LogP contribution < -0.4 is 5.73 Å². The van der Waals surface area contributed by atoms with Crippen LogP contribution in [0.5, 0.6) is 0 Å². The van der Waals surface area contributed by atoms with E-state index in [4.69, 9.17) is 10.8 Å². The van der Waals surface area contributed by atoms with Crippen LogP contribution in [0.1, 0.15) is 39.5 Å². The molecule has 0 aromatic carbocycles. The SMILES string of the molecule is CCCCC(C)CC(CN)C(=O)O. The van der Waals surface area contributed by atoms with E-state index in [9.17, 15) is 4.79 Å². The molecule has 0 aliphatic rings. The highest BCUT2D eigenvalue weighted by atomic mass is 16.4.